The number of nitrogens with two attached hydrogens (primary N) is 1. The van der Waals surface area contributed by atoms with Gasteiger partial charge in [-0.05, 0) is 25.5 Å². The molecule has 3 nitrogen and oxygen atoms in total. The molecule has 0 saturated carbocycles. The number of nitrogens with zero attached hydrogens (tertiary/aromatic N) is 2. The summed E-state index contributed by atoms with van der Waals surface area (Å²) in [6.45, 7) is 3.97. The van der Waals surface area contributed by atoms with Crippen LogP contribution < -0.4 is 5.73 Å². The van der Waals surface area contributed by atoms with Crippen molar-refractivity contribution in [1.82, 2.24) is 0 Å². The largest absolute Gasteiger partial charge is 0.405 e. The minimum Gasteiger partial charge on any atom is -0.405 e. The number of aliphatic imine (C=N–C) groups is 2. The lowest BCUT2D eigenvalue weighted by atomic mass is 10.1. The summed E-state index contributed by atoms with van der Waals surface area (Å²) in [7, 11) is 1.73. The van der Waals surface area contributed by atoms with E-state index in [1.807, 2.05) is 19.2 Å². The van der Waals surface area contributed by atoms with E-state index in [4.69, 9.17) is 5.73 Å². The van der Waals surface area contributed by atoms with Crippen LogP contribution in [0.25, 0.3) is 0 Å². The van der Waals surface area contributed by atoms with E-state index in [9.17, 15) is 0 Å². The predicted molar refractivity (Wildman–Crippen MR) is 54.6 cm³/mol. The van der Waals surface area contributed by atoms with Crippen LogP contribution in [0.5, 0.6) is 0 Å². The molecule has 0 aliphatic rings. The first kappa shape index (κ1) is 10.9. The first-order valence-corrected chi connectivity index (χ1v) is 4.05. The van der Waals surface area contributed by atoms with E-state index in [1.54, 1.807) is 13.2 Å². The van der Waals surface area contributed by atoms with Gasteiger partial charge in [-0.15, -0.1) is 0 Å². The molecule has 0 aromatic heterocycles. The molecule has 0 aromatic carbocycles. The third-order valence-electron chi connectivity index (χ3n) is 1.52. The Bertz CT molecular complexity index is 192. The summed E-state index contributed by atoms with van der Waals surface area (Å²) in [6.07, 6.45) is 6.29. The second-order valence-electron chi connectivity index (χ2n) is 2.68. The van der Waals surface area contributed by atoms with Gasteiger partial charge in [0.2, 0.25) is 0 Å². The molecule has 0 saturated heterocycles. The number of rotatable bonds is 3. The maximum Gasteiger partial charge on any atom is 0.119 e. The molecule has 0 aliphatic heterocycles. The van der Waals surface area contributed by atoms with E-state index < -0.39 is 0 Å². The molecule has 0 aliphatic carbocycles. The standard InChI is InChI=1S/C9H17N3/c1-8(4-6-10)5-7-12-9(2)11-3/h4,6-8H,5,10H2,1-3H3/b6-4+,11-9?,12-7?. The lowest BCUT2D eigenvalue weighted by Gasteiger charge is -1.98. The topological polar surface area (TPSA) is 50.7 Å². The smallest absolute Gasteiger partial charge is 0.119 e. The molecular formula is C9H17N3. The lowest BCUT2D eigenvalue weighted by molar-refractivity contribution is 0.775. The quantitative estimate of drug-likeness (QED) is 0.504. The van der Waals surface area contributed by atoms with Crippen molar-refractivity contribution in [3.63, 3.8) is 0 Å². The van der Waals surface area contributed by atoms with Gasteiger partial charge < -0.3 is 5.73 Å². The Hall–Kier alpha value is -1.12. The molecule has 0 aromatic rings. The van der Waals surface area contributed by atoms with Crippen LogP contribution in [0.4, 0.5) is 0 Å². The molecule has 0 fully saturated rings. The SMILES string of the molecule is CN=C(C)N=CCC(C)/C=C/N. The Morgan fingerprint density at radius 3 is 2.75 bits per heavy atom. The van der Waals surface area contributed by atoms with Gasteiger partial charge in [-0.25, -0.2) is 4.99 Å². The van der Waals surface area contributed by atoms with E-state index >= 15 is 0 Å². The number of hydrogen-bond donors (Lipinski definition) is 1. The highest BCUT2D eigenvalue weighted by Gasteiger charge is 1.91. The molecular weight excluding hydrogens is 150 g/mol. The second-order valence-corrected chi connectivity index (χ2v) is 2.68. The van der Waals surface area contributed by atoms with Crippen LogP contribution in [-0.4, -0.2) is 19.1 Å². The fourth-order valence-electron chi connectivity index (χ4n) is 0.677. The molecule has 0 rings (SSSR count). The van der Waals surface area contributed by atoms with Crippen LogP contribution in [0.2, 0.25) is 0 Å². The van der Waals surface area contributed by atoms with Gasteiger partial charge in [-0.2, -0.15) is 0 Å². The molecule has 1 atom stereocenters. The summed E-state index contributed by atoms with van der Waals surface area (Å²) < 4.78 is 0. The highest BCUT2D eigenvalue weighted by molar-refractivity contribution is 5.87. The zero-order chi connectivity index (χ0) is 9.40. The average Bonchev–Trinajstić information content (AvgIpc) is 2.04. The second kappa shape index (κ2) is 6.58. The maximum absolute atomic E-state index is 5.24. The van der Waals surface area contributed by atoms with Crippen molar-refractivity contribution in [3.05, 3.63) is 12.3 Å². The van der Waals surface area contributed by atoms with Gasteiger partial charge in [0.1, 0.15) is 5.84 Å². The molecule has 0 bridgehead atoms. The summed E-state index contributed by atoms with van der Waals surface area (Å²) >= 11 is 0. The van der Waals surface area contributed by atoms with E-state index in [1.165, 1.54) is 0 Å². The van der Waals surface area contributed by atoms with Crippen molar-refractivity contribution >= 4 is 12.1 Å². The summed E-state index contributed by atoms with van der Waals surface area (Å²) in [4.78, 5) is 8.02. The molecule has 2 N–H and O–H groups in total. The minimum atomic E-state index is 0.448. The van der Waals surface area contributed by atoms with E-state index in [0.29, 0.717) is 5.92 Å². The van der Waals surface area contributed by atoms with Crippen LogP contribution in [0, 0.1) is 5.92 Å². The monoisotopic (exact) mass is 167 g/mol. The molecule has 1 unspecified atom stereocenters. The maximum atomic E-state index is 5.24. The Kier molecular flexibility index (Phi) is 5.97. The fraction of sp³-hybridized carbons (Fsp3) is 0.556. The third kappa shape index (κ3) is 5.65. The Labute approximate surface area is 74.1 Å². The molecule has 68 valence electrons. The highest BCUT2D eigenvalue weighted by Crippen LogP contribution is 1.99. The van der Waals surface area contributed by atoms with Crippen LogP contribution in [0.1, 0.15) is 20.3 Å². The first-order chi connectivity index (χ1) is 5.70. The molecule has 3 heteroatoms. The predicted octanol–water partition coefficient (Wildman–Crippen LogP) is 1.60. The summed E-state index contributed by atoms with van der Waals surface area (Å²) in [5.41, 5.74) is 5.24. The van der Waals surface area contributed by atoms with Crippen LogP contribution in [-0.2, 0) is 0 Å². The first-order valence-electron chi connectivity index (χ1n) is 4.05. The highest BCUT2D eigenvalue weighted by atomic mass is 14.9. The summed E-state index contributed by atoms with van der Waals surface area (Å²) in [6, 6.07) is 0. The Morgan fingerprint density at radius 2 is 2.25 bits per heavy atom. The van der Waals surface area contributed by atoms with Gasteiger partial charge >= 0.3 is 0 Å². The van der Waals surface area contributed by atoms with Crippen molar-refractivity contribution in [3.8, 4) is 0 Å². The molecule has 0 spiro atoms. The van der Waals surface area contributed by atoms with Crippen molar-refractivity contribution in [2.45, 2.75) is 20.3 Å². The average molecular weight is 167 g/mol. The summed E-state index contributed by atoms with van der Waals surface area (Å²) in [5.74, 6) is 1.25. The number of amidine groups is 1. The fourth-order valence-corrected chi connectivity index (χ4v) is 0.677. The van der Waals surface area contributed by atoms with Gasteiger partial charge in [0.05, 0.1) is 0 Å². The van der Waals surface area contributed by atoms with Gasteiger partial charge in [0, 0.05) is 13.3 Å². The van der Waals surface area contributed by atoms with Crippen molar-refractivity contribution in [2.75, 3.05) is 7.05 Å². The van der Waals surface area contributed by atoms with Gasteiger partial charge in [0.25, 0.3) is 0 Å². The lowest BCUT2D eigenvalue weighted by Crippen LogP contribution is -1.94. The zero-order valence-electron chi connectivity index (χ0n) is 7.99. The molecule has 0 radical (unpaired) electrons. The third-order valence-corrected chi connectivity index (χ3v) is 1.52. The van der Waals surface area contributed by atoms with Gasteiger partial charge in [-0.1, -0.05) is 13.0 Å². The van der Waals surface area contributed by atoms with Gasteiger partial charge in [-0.3, -0.25) is 4.99 Å². The van der Waals surface area contributed by atoms with Crippen LogP contribution in [0.15, 0.2) is 22.3 Å². The van der Waals surface area contributed by atoms with Crippen LogP contribution >= 0.6 is 0 Å². The van der Waals surface area contributed by atoms with E-state index in [-0.39, 0.29) is 0 Å². The van der Waals surface area contributed by atoms with E-state index in [2.05, 4.69) is 16.9 Å². The molecule has 12 heavy (non-hydrogen) atoms. The summed E-state index contributed by atoms with van der Waals surface area (Å²) in [5, 5.41) is 0. The number of allylic oxidation sites excluding steroid dienone is 1. The minimum absolute atomic E-state index is 0.448. The number of hydrogen-bond acceptors (Lipinski definition) is 2. The van der Waals surface area contributed by atoms with Crippen molar-refractivity contribution in [1.29, 1.82) is 0 Å². The zero-order valence-corrected chi connectivity index (χ0v) is 7.99. The normalized spacial score (nSPS) is 16.1. The van der Waals surface area contributed by atoms with Gasteiger partial charge in [0.15, 0.2) is 0 Å². The Balaban J connectivity index is 3.74. The molecule has 0 heterocycles. The van der Waals surface area contributed by atoms with Crippen molar-refractivity contribution < 1.29 is 0 Å². The van der Waals surface area contributed by atoms with E-state index in [0.717, 1.165) is 12.3 Å². The van der Waals surface area contributed by atoms with Crippen molar-refractivity contribution in [2.24, 2.45) is 21.6 Å². The Morgan fingerprint density at radius 1 is 1.58 bits per heavy atom. The molecule has 0 amide bonds. The van der Waals surface area contributed by atoms with Crippen LogP contribution in [0.3, 0.4) is 0 Å².